The normalized spacial score (nSPS) is 23.5. The number of benzene rings is 3. The first-order valence-electron chi connectivity index (χ1n) is 18.3. The van der Waals surface area contributed by atoms with Gasteiger partial charge in [-0.3, -0.25) is 14.2 Å². The SMILES string of the molecule is CCC1CCCN1C(=O)c1cc(OC)c(OC2(C)C[N+]2(C)CN2CCN(C(=S)SCCC(C#N)(c3ccccc3)c3ccccc3)CC2)cc1C. The van der Waals surface area contributed by atoms with E-state index >= 15 is 0 Å². The lowest BCUT2D eigenvalue weighted by molar-refractivity contribution is -0.833. The number of rotatable bonds is 12. The highest BCUT2D eigenvalue weighted by Gasteiger charge is 2.67. The Morgan fingerprint density at radius 2 is 1.69 bits per heavy atom. The molecule has 8 nitrogen and oxygen atoms in total. The van der Waals surface area contributed by atoms with Gasteiger partial charge in [-0.05, 0) is 61.4 Å². The van der Waals surface area contributed by atoms with Crippen LogP contribution < -0.4 is 9.47 Å². The quantitative estimate of drug-likeness (QED) is 0.112. The Balaban J connectivity index is 1.02. The highest BCUT2D eigenvalue weighted by Crippen LogP contribution is 2.45. The zero-order valence-electron chi connectivity index (χ0n) is 30.8. The van der Waals surface area contributed by atoms with Crippen LogP contribution in [-0.2, 0) is 5.41 Å². The number of piperazine rings is 1. The molecule has 0 saturated carbocycles. The maximum Gasteiger partial charge on any atom is 0.291 e. The molecule has 0 bridgehead atoms. The molecule has 3 aliphatic heterocycles. The van der Waals surface area contributed by atoms with Crippen molar-refractivity contribution < 1.29 is 18.8 Å². The Morgan fingerprint density at radius 1 is 1.04 bits per heavy atom. The summed E-state index contributed by atoms with van der Waals surface area (Å²) in [6.45, 7) is 12.5. The van der Waals surface area contributed by atoms with E-state index in [0.29, 0.717) is 29.5 Å². The number of ether oxygens (including phenoxy) is 2. The highest BCUT2D eigenvalue weighted by atomic mass is 32.2. The van der Waals surface area contributed by atoms with Gasteiger partial charge in [-0.2, -0.15) is 5.26 Å². The molecule has 0 aliphatic carbocycles. The minimum atomic E-state index is -0.718. The van der Waals surface area contributed by atoms with Crippen molar-refractivity contribution in [3.63, 3.8) is 0 Å². The Bertz CT molecular complexity index is 1700. The molecule has 0 radical (unpaired) electrons. The van der Waals surface area contributed by atoms with Crippen LogP contribution >= 0.6 is 24.0 Å². The largest absolute Gasteiger partial charge is 0.493 e. The minimum Gasteiger partial charge on any atom is -0.493 e. The third-order valence-electron chi connectivity index (χ3n) is 11.4. The maximum atomic E-state index is 13.5. The van der Waals surface area contributed by atoms with Crippen LogP contribution in [0.3, 0.4) is 0 Å². The third kappa shape index (κ3) is 7.64. The fraction of sp³-hybridized carbons (Fsp3) is 0.488. The number of nitriles is 1. The molecule has 3 aromatic carbocycles. The monoisotopic (exact) mass is 726 g/mol. The van der Waals surface area contributed by atoms with Crippen LogP contribution in [0.2, 0.25) is 0 Å². The lowest BCUT2D eigenvalue weighted by Gasteiger charge is -2.37. The number of thioether (sulfide) groups is 1. The van der Waals surface area contributed by atoms with Gasteiger partial charge in [0.2, 0.25) is 0 Å². The van der Waals surface area contributed by atoms with E-state index in [4.69, 9.17) is 21.7 Å². The zero-order valence-corrected chi connectivity index (χ0v) is 32.4. The average Bonchev–Trinajstić information content (AvgIpc) is 3.42. The number of methoxy groups -OCH3 is 1. The maximum absolute atomic E-state index is 13.5. The van der Waals surface area contributed by atoms with E-state index in [1.165, 1.54) is 0 Å². The van der Waals surface area contributed by atoms with Gasteiger partial charge in [0, 0.05) is 57.0 Å². The molecular weight excluding hydrogens is 675 g/mol. The number of quaternary nitrogens is 1. The summed E-state index contributed by atoms with van der Waals surface area (Å²) in [6, 6.07) is 27.1. The van der Waals surface area contributed by atoms with Crippen LogP contribution in [0.1, 0.15) is 66.6 Å². The lowest BCUT2D eigenvalue weighted by atomic mass is 9.74. The Hall–Kier alpha value is -3.62. The number of carbonyl (C=O) groups excluding carboxylic acids is 1. The minimum absolute atomic E-state index is 0.0895. The Morgan fingerprint density at radius 3 is 2.27 bits per heavy atom. The van der Waals surface area contributed by atoms with Gasteiger partial charge in [0.25, 0.3) is 11.6 Å². The molecule has 0 spiro atoms. The molecule has 0 aromatic heterocycles. The molecule has 1 amide bonds. The summed E-state index contributed by atoms with van der Waals surface area (Å²) in [4.78, 5) is 20.4. The molecule has 3 atom stereocenters. The average molecular weight is 727 g/mol. The molecule has 3 heterocycles. The van der Waals surface area contributed by atoms with Gasteiger partial charge in [-0.25, -0.2) is 0 Å². The summed E-state index contributed by atoms with van der Waals surface area (Å²) in [5.74, 6) is 2.15. The zero-order chi connectivity index (χ0) is 36.2. The highest BCUT2D eigenvalue weighted by molar-refractivity contribution is 8.22. The summed E-state index contributed by atoms with van der Waals surface area (Å²) in [5, 5.41) is 10.5. The molecule has 3 aromatic rings. The molecule has 270 valence electrons. The van der Waals surface area contributed by atoms with Crippen molar-refractivity contribution in [3.05, 3.63) is 95.1 Å². The van der Waals surface area contributed by atoms with Crippen molar-refractivity contribution in [1.82, 2.24) is 14.7 Å². The van der Waals surface area contributed by atoms with E-state index in [2.05, 4.69) is 61.0 Å². The number of amides is 1. The number of hydrogen-bond donors (Lipinski definition) is 0. The van der Waals surface area contributed by atoms with Crippen LogP contribution in [0.5, 0.6) is 11.5 Å². The van der Waals surface area contributed by atoms with Crippen LogP contribution in [-0.4, -0.2) is 107 Å². The molecule has 3 saturated heterocycles. The number of likely N-dealkylation sites (N-methyl/N-ethyl adjacent to an activating group) is 1. The summed E-state index contributed by atoms with van der Waals surface area (Å²) >= 11 is 7.62. The van der Waals surface area contributed by atoms with Gasteiger partial charge < -0.3 is 19.3 Å². The van der Waals surface area contributed by atoms with Crippen LogP contribution in [0.4, 0.5) is 0 Å². The lowest BCUT2D eigenvalue weighted by Crippen LogP contribution is -2.52. The van der Waals surface area contributed by atoms with Crippen molar-refractivity contribution in [2.45, 2.75) is 63.6 Å². The number of carbonyl (C=O) groups is 1. The van der Waals surface area contributed by atoms with Crippen molar-refractivity contribution >= 4 is 34.2 Å². The number of thiocarbonyl (C=S) groups is 1. The Labute approximate surface area is 313 Å². The van der Waals surface area contributed by atoms with Crippen LogP contribution in [0.15, 0.2) is 72.8 Å². The number of likely N-dealkylation sites (tertiary alicyclic amines) is 1. The summed E-state index contributed by atoms with van der Waals surface area (Å²) in [5.41, 5.74) is 2.54. The van der Waals surface area contributed by atoms with E-state index in [-0.39, 0.29) is 11.6 Å². The number of nitrogens with zero attached hydrogens (tertiary/aromatic N) is 5. The second kappa shape index (κ2) is 15.5. The van der Waals surface area contributed by atoms with Crippen molar-refractivity contribution in [2.24, 2.45) is 0 Å². The summed E-state index contributed by atoms with van der Waals surface area (Å²) < 4.78 is 14.2. The summed E-state index contributed by atoms with van der Waals surface area (Å²) in [7, 11) is 3.90. The number of hydrogen-bond acceptors (Lipinski definition) is 7. The second-order valence-electron chi connectivity index (χ2n) is 14.7. The van der Waals surface area contributed by atoms with Gasteiger partial charge in [-0.1, -0.05) is 91.6 Å². The molecule has 6 rings (SSSR count). The first-order valence-corrected chi connectivity index (χ1v) is 19.7. The van der Waals surface area contributed by atoms with Crippen molar-refractivity contribution in [3.8, 4) is 17.6 Å². The van der Waals surface area contributed by atoms with Crippen LogP contribution in [0.25, 0.3) is 0 Å². The first kappa shape index (κ1) is 37.1. The van der Waals surface area contributed by atoms with Gasteiger partial charge in [-0.15, -0.1) is 0 Å². The molecular formula is C41H52N5O3S2+. The van der Waals surface area contributed by atoms with Crippen LogP contribution in [0, 0.1) is 18.3 Å². The molecule has 3 unspecified atom stereocenters. The standard InChI is InChI=1S/C41H52N5O3S2/c1-6-34-18-13-20-45(34)38(47)35-27-36(48-5)37(26-31(35)2)49-40(3)29-46(40,4)30-43-21-23-44(24-22-43)39(50)51-25-19-41(28-42,32-14-9-7-10-15-32)33-16-11-8-12-17-33/h7-12,14-17,26-27,34H,6,13,18-25,29-30H2,1-5H3/q+1. The topological polar surface area (TPSA) is 69.0 Å². The summed E-state index contributed by atoms with van der Waals surface area (Å²) in [6.07, 6.45) is 3.79. The van der Waals surface area contributed by atoms with Gasteiger partial charge in [0.15, 0.2) is 18.0 Å². The fourth-order valence-electron chi connectivity index (χ4n) is 7.99. The van der Waals surface area contributed by atoms with E-state index < -0.39 is 5.41 Å². The van der Waals surface area contributed by atoms with E-state index in [1.54, 1.807) is 18.9 Å². The van der Waals surface area contributed by atoms with Gasteiger partial charge in [0.1, 0.15) is 16.4 Å². The second-order valence-corrected chi connectivity index (χ2v) is 16.4. The third-order valence-corrected chi connectivity index (χ3v) is 13.0. The van der Waals surface area contributed by atoms with Crippen molar-refractivity contribution in [2.75, 3.05) is 65.8 Å². The van der Waals surface area contributed by atoms with Crippen molar-refractivity contribution in [1.29, 1.82) is 5.26 Å². The van der Waals surface area contributed by atoms with E-state index in [1.807, 2.05) is 60.4 Å². The van der Waals surface area contributed by atoms with E-state index in [0.717, 1.165) is 96.4 Å². The molecule has 10 heteroatoms. The smallest absolute Gasteiger partial charge is 0.291 e. The predicted octanol–water partition coefficient (Wildman–Crippen LogP) is 7.07. The molecule has 51 heavy (non-hydrogen) atoms. The number of aryl methyl sites for hydroxylation is 1. The molecule has 3 fully saturated rings. The Kier molecular flexibility index (Phi) is 11.3. The predicted molar refractivity (Wildman–Crippen MR) is 209 cm³/mol. The van der Waals surface area contributed by atoms with E-state index in [9.17, 15) is 10.1 Å². The van der Waals surface area contributed by atoms with Gasteiger partial charge >= 0.3 is 0 Å². The molecule has 0 N–H and O–H groups in total. The van der Waals surface area contributed by atoms with Gasteiger partial charge in [0.05, 0.1) is 20.2 Å². The first-order chi connectivity index (χ1) is 24.6. The molecule has 3 aliphatic rings. The fourth-order valence-corrected chi connectivity index (χ4v) is 9.37.